The summed E-state index contributed by atoms with van der Waals surface area (Å²) in [5.41, 5.74) is 14.0. The van der Waals surface area contributed by atoms with Crippen molar-refractivity contribution in [3.8, 4) is 11.3 Å². The lowest BCUT2D eigenvalue weighted by Crippen LogP contribution is -1.97. The summed E-state index contributed by atoms with van der Waals surface area (Å²) in [6.07, 6.45) is 0.865. The first-order valence-corrected chi connectivity index (χ1v) is 8.28. The van der Waals surface area contributed by atoms with Crippen LogP contribution in [0.5, 0.6) is 0 Å². The molecule has 0 aliphatic heterocycles. The third-order valence-electron chi connectivity index (χ3n) is 3.97. The van der Waals surface area contributed by atoms with Gasteiger partial charge in [-0.2, -0.15) is 0 Å². The highest BCUT2D eigenvalue weighted by Gasteiger charge is 2.08. The van der Waals surface area contributed by atoms with Crippen molar-refractivity contribution in [2.24, 2.45) is 0 Å². The summed E-state index contributed by atoms with van der Waals surface area (Å²) in [4.78, 5) is 4.79. The van der Waals surface area contributed by atoms with Crippen LogP contribution >= 0.6 is 11.3 Å². The van der Waals surface area contributed by atoms with Crippen LogP contribution in [-0.4, -0.2) is 4.98 Å². The molecule has 0 amide bonds. The molecule has 3 rings (SSSR count). The number of nitrogens with two attached hydrogens (primary N) is 1. The molecule has 0 spiro atoms. The Morgan fingerprint density at radius 1 is 1.00 bits per heavy atom. The number of aromatic nitrogens is 1. The minimum Gasteiger partial charge on any atom is -0.399 e. The number of aryl methyl sites for hydroxylation is 3. The van der Waals surface area contributed by atoms with E-state index in [0.717, 1.165) is 28.4 Å². The molecule has 0 saturated heterocycles. The zero-order valence-electron chi connectivity index (χ0n) is 13.2. The van der Waals surface area contributed by atoms with Crippen LogP contribution in [-0.2, 0) is 6.42 Å². The molecule has 2 nitrogen and oxygen atoms in total. The molecule has 1 aromatic heterocycles. The summed E-state index contributed by atoms with van der Waals surface area (Å²) in [6.45, 7) is 6.26. The molecular weight excluding hydrogens is 288 g/mol. The van der Waals surface area contributed by atoms with Crippen LogP contribution in [0.2, 0.25) is 0 Å². The summed E-state index contributed by atoms with van der Waals surface area (Å²) in [5.74, 6) is 0. The first-order chi connectivity index (χ1) is 10.5. The molecule has 3 heteroatoms. The van der Waals surface area contributed by atoms with Gasteiger partial charge in [0, 0.05) is 23.1 Å². The first kappa shape index (κ1) is 14.8. The maximum absolute atomic E-state index is 5.96. The zero-order valence-corrected chi connectivity index (χ0v) is 14.0. The number of hydrogen-bond acceptors (Lipinski definition) is 3. The van der Waals surface area contributed by atoms with Crippen molar-refractivity contribution in [3.05, 3.63) is 69.0 Å². The largest absolute Gasteiger partial charge is 0.399 e. The molecule has 3 aromatic rings. The zero-order chi connectivity index (χ0) is 15.7. The molecule has 0 bridgehead atoms. The third kappa shape index (κ3) is 3.04. The standard InChI is InChI=1S/C19H20N2S/c1-12-4-6-15(7-5-12)18-11-22-19(21-18)10-16-8-14(3)17(20)9-13(16)2/h4-9,11H,10,20H2,1-3H3. The molecule has 2 aromatic carbocycles. The van der Waals surface area contributed by atoms with E-state index < -0.39 is 0 Å². The minimum absolute atomic E-state index is 0.862. The topological polar surface area (TPSA) is 38.9 Å². The van der Waals surface area contributed by atoms with Gasteiger partial charge in [-0.25, -0.2) is 4.98 Å². The molecule has 0 aliphatic carbocycles. The number of thiazole rings is 1. The fraction of sp³-hybridized carbons (Fsp3) is 0.211. The van der Waals surface area contributed by atoms with E-state index in [1.807, 2.05) is 0 Å². The molecule has 0 unspecified atom stereocenters. The number of benzene rings is 2. The van der Waals surface area contributed by atoms with Gasteiger partial charge in [-0.1, -0.05) is 35.9 Å². The number of anilines is 1. The van der Waals surface area contributed by atoms with E-state index in [0.29, 0.717) is 0 Å². The lowest BCUT2D eigenvalue weighted by atomic mass is 10.0. The van der Waals surface area contributed by atoms with Crippen molar-refractivity contribution in [2.45, 2.75) is 27.2 Å². The second-order valence-electron chi connectivity index (χ2n) is 5.80. The molecule has 22 heavy (non-hydrogen) atoms. The maximum Gasteiger partial charge on any atom is 0.0976 e. The van der Waals surface area contributed by atoms with Gasteiger partial charge in [-0.15, -0.1) is 11.3 Å². The predicted octanol–water partition coefficient (Wildman–Crippen LogP) is 4.91. The fourth-order valence-electron chi connectivity index (χ4n) is 2.50. The van der Waals surface area contributed by atoms with Gasteiger partial charge < -0.3 is 5.73 Å². The quantitative estimate of drug-likeness (QED) is 0.698. The Kier molecular flexibility index (Phi) is 3.99. The van der Waals surface area contributed by atoms with Crippen LogP contribution in [0, 0.1) is 20.8 Å². The summed E-state index contributed by atoms with van der Waals surface area (Å²) in [5, 5.41) is 3.28. The van der Waals surface area contributed by atoms with Crippen LogP contribution in [0.3, 0.4) is 0 Å². The second-order valence-corrected chi connectivity index (χ2v) is 6.75. The molecule has 0 fully saturated rings. The third-order valence-corrected chi connectivity index (χ3v) is 4.81. The summed E-state index contributed by atoms with van der Waals surface area (Å²) in [6, 6.07) is 12.8. The van der Waals surface area contributed by atoms with Crippen molar-refractivity contribution in [1.82, 2.24) is 4.98 Å². The molecular formula is C19H20N2S. The van der Waals surface area contributed by atoms with E-state index in [4.69, 9.17) is 10.7 Å². The lowest BCUT2D eigenvalue weighted by molar-refractivity contribution is 1.11. The molecule has 112 valence electrons. The van der Waals surface area contributed by atoms with E-state index in [2.05, 4.69) is 62.5 Å². The summed E-state index contributed by atoms with van der Waals surface area (Å²) in [7, 11) is 0. The Morgan fingerprint density at radius 3 is 2.45 bits per heavy atom. The number of hydrogen-bond donors (Lipinski definition) is 1. The van der Waals surface area contributed by atoms with Crippen LogP contribution in [0.25, 0.3) is 11.3 Å². The SMILES string of the molecule is Cc1ccc(-c2csc(Cc3cc(C)c(N)cc3C)n2)cc1. The normalized spacial score (nSPS) is 10.9. The van der Waals surface area contributed by atoms with Crippen LogP contribution in [0.15, 0.2) is 41.8 Å². The Balaban J connectivity index is 1.86. The Bertz CT molecular complexity index is 801. The summed E-state index contributed by atoms with van der Waals surface area (Å²) >= 11 is 1.72. The predicted molar refractivity (Wildman–Crippen MR) is 95.4 cm³/mol. The van der Waals surface area contributed by atoms with Gasteiger partial charge in [0.1, 0.15) is 0 Å². The van der Waals surface area contributed by atoms with E-state index >= 15 is 0 Å². The van der Waals surface area contributed by atoms with Gasteiger partial charge in [0.2, 0.25) is 0 Å². The van der Waals surface area contributed by atoms with E-state index in [1.54, 1.807) is 11.3 Å². The molecule has 1 heterocycles. The van der Waals surface area contributed by atoms with E-state index in [1.165, 1.54) is 22.3 Å². The highest BCUT2D eigenvalue weighted by molar-refractivity contribution is 7.10. The second kappa shape index (κ2) is 5.93. The van der Waals surface area contributed by atoms with Gasteiger partial charge in [-0.05, 0) is 43.5 Å². The van der Waals surface area contributed by atoms with Gasteiger partial charge in [0.05, 0.1) is 10.7 Å². The van der Waals surface area contributed by atoms with Gasteiger partial charge in [0.15, 0.2) is 0 Å². The Hall–Kier alpha value is -2.13. The molecule has 0 saturated carbocycles. The number of rotatable bonds is 3. The maximum atomic E-state index is 5.96. The highest BCUT2D eigenvalue weighted by atomic mass is 32.1. The van der Waals surface area contributed by atoms with Crippen LogP contribution in [0.1, 0.15) is 27.3 Å². The first-order valence-electron chi connectivity index (χ1n) is 7.40. The average molecular weight is 308 g/mol. The Morgan fingerprint density at radius 2 is 1.73 bits per heavy atom. The lowest BCUT2D eigenvalue weighted by Gasteiger charge is -2.08. The number of nitrogen functional groups attached to an aromatic ring is 1. The van der Waals surface area contributed by atoms with E-state index in [9.17, 15) is 0 Å². The van der Waals surface area contributed by atoms with E-state index in [-0.39, 0.29) is 0 Å². The smallest absolute Gasteiger partial charge is 0.0976 e. The van der Waals surface area contributed by atoms with Crippen molar-refractivity contribution in [1.29, 1.82) is 0 Å². The van der Waals surface area contributed by atoms with Crippen molar-refractivity contribution < 1.29 is 0 Å². The summed E-state index contributed by atoms with van der Waals surface area (Å²) < 4.78 is 0. The Labute approximate surface area is 135 Å². The molecule has 0 radical (unpaired) electrons. The van der Waals surface area contributed by atoms with Crippen molar-refractivity contribution in [2.75, 3.05) is 5.73 Å². The minimum atomic E-state index is 0.862. The van der Waals surface area contributed by atoms with Crippen LogP contribution < -0.4 is 5.73 Å². The van der Waals surface area contributed by atoms with Gasteiger partial charge >= 0.3 is 0 Å². The molecule has 0 atom stereocenters. The molecule has 0 aliphatic rings. The van der Waals surface area contributed by atoms with Gasteiger partial charge in [0.25, 0.3) is 0 Å². The van der Waals surface area contributed by atoms with Crippen molar-refractivity contribution >= 4 is 17.0 Å². The average Bonchev–Trinajstić information content (AvgIpc) is 2.94. The fourth-order valence-corrected chi connectivity index (χ4v) is 3.33. The van der Waals surface area contributed by atoms with Crippen LogP contribution in [0.4, 0.5) is 5.69 Å². The highest BCUT2D eigenvalue weighted by Crippen LogP contribution is 2.26. The molecule has 2 N–H and O–H groups in total. The monoisotopic (exact) mass is 308 g/mol. The van der Waals surface area contributed by atoms with Gasteiger partial charge in [-0.3, -0.25) is 0 Å². The van der Waals surface area contributed by atoms with Crippen molar-refractivity contribution in [3.63, 3.8) is 0 Å². The number of nitrogens with zero attached hydrogens (tertiary/aromatic N) is 1.